The van der Waals surface area contributed by atoms with Crippen molar-refractivity contribution in [2.45, 2.75) is 6.42 Å². The van der Waals surface area contributed by atoms with Crippen LogP contribution in [0.1, 0.15) is 16.3 Å². The number of benzene rings is 2. The molecule has 0 radical (unpaired) electrons. The third kappa shape index (κ3) is 5.24. The fraction of sp³-hybridized carbons (Fsp3) is 0.269. The fourth-order valence-electron chi connectivity index (χ4n) is 4.13. The van der Waals surface area contributed by atoms with Crippen LogP contribution in [-0.2, 0) is 6.42 Å². The molecule has 1 aliphatic heterocycles. The van der Waals surface area contributed by atoms with E-state index in [-0.39, 0.29) is 0 Å². The lowest BCUT2D eigenvalue weighted by atomic mass is 10.1. The van der Waals surface area contributed by atoms with Gasteiger partial charge in [-0.25, -0.2) is 15.0 Å². The van der Waals surface area contributed by atoms with Gasteiger partial charge in [0.2, 0.25) is 5.95 Å². The molecular weight excluding hydrogens is 480 g/mol. The summed E-state index contributed by atoms with van der Waals surface area (Å²) in [5, 5.41) is 4.74. The number of anilines is 3. The number of likely N-dealkylation sites (N-methyl/N-ethyl adjacent to an activating group) is 1. The molecule has 0 bridgehead atoms. The van der Waals surface area contributed by atoms with E-state index in [2.05, 4.69) is 69.0 Å². The number of thiazole rings is 1. The SMILES string of the molecule is C=Cc1nc2cc(Cc3nc(Nc4ccc(N5CCN(C)CC5)cc4OC)ncc3Cl)ccc2s1. The molecule has 0 saturated carbocycles. The van der Waals surface area contributed by atoms with Crippen LogP contribution in [-0.4, -0.2) is 60.2 Å². The normalized spacial score (nSPS) is 14.3. The van der Waals surface area contributed by atoms with E-state index in [4.69, 9.17) is 21.3 Å². The predicted octanol–water partition coefficient (Wildman–Crippen LogP) is 5.48. The van der Waals surface area contributed by atoms with Gasteiger partial charge in [0.05, 0.1) is 39.9 Å². The molecular formula is C26H27ClN6OS. The number of hydrogen-bond donors (Lipinski definition) is 1. The van der Waals surface area contributed by atoms with Gasteiger partial charge < -0.3 is 19.9 Å². The summed E-state index contributed by atoms with van der Waals surface area (Å²) < 4.78 is 6.81. The number of nitrogens with one attached hydrogen (secondary N) is 1. The summed E-state index contributed by atoms with van der Waals surface area (Å²) in [5.41, 5.74) is 4.74. The zero-order chi connectivity index (χ0) is 24.4. The summed E-state index contributed by atoms with van der Waals surface area (Å²) in [7, 11) is 3.83. The van der Waals surface area contributed by atoms with Crippen LogP contribution in [0.5, 0.6) is 5.75 Å². The van der Waals surface area contributed by atoms with Gasteiger partial charge in [0, 0.05) is 44.4 Å². The van der Waals surface area contributed by atoms with Crippen molar-refractivity contribution in [3.05, 3.63) is 70.5 Å². The number of ether oxygens (including phenoxy) is 1. The molecule has 2 aromatic heterocycles. The van der Waals surface area contributed by atoms with E-state index in [1.165, 1.54) is 0 Å². The lowest BCUT2D eigenvalue weighted by Crippen LogP contribution is -2.44. The quantitative estimate of drug-likeness (QED) is 0.356. The van der Waals surface area contributed by atoms with Crippen molar-refractivity contribution < 1.29 is 4.74 Å². The van der Waals surface area contributed by atoms with Crippen LogP contribution in [0.4, 0.5) is 17.3 Å². The van der Waals surface area contributed by atoms with E-state index in [1.54, 1.807) is 30.7 Å². The average molecular weight is 507 g/mol. The highest BCUT2D eigenvalue weighted by molar-refractivity contribution is 7.19. The van der Waals surface area contributed by atoms with Gasteiger partial charge in [0.1, 0.15) is 10.8 Å². The Kier molecular flexibility index (Phi) is 6.86. The van der Waals surface area contributed by atoms with Crippen LogP contribution in [0.25, 0.3) is 16.3 Å². The molecule has 9 heteroatoms. The van der Waals surface area contributed by atoms with E-state index >= 15 is 0 Å². The van der Waals surface area contributed by atoms with Crippen LogP contribution in [0, 0.1) is 0 Å². The number of nitrogens with zero attached hydrogens (tertiary/aromatic N) is 5. The van der Waals surface area contributed by atoms with E-state index in [0.717, 1.165) is 69.8 Å². The monoisotopic (exact) mass is 506 g/mol. The Morgan fingerprint density at radius 1 is 1.14 bits per heavy atom. The van der Waals surface area contributed by atoms with Gasteiger partial charge in [-0.05, 0) is 43.0 Å². The molecule has 1 saturated heterocycles. The lowest BCUT2D eigenvalue weighted by Gasteiger charge is -2.34. The first kappa shape index (κ1) is 23.5. The maximum absolute atomic E-state index is 6.46. The van der Waals surface area contributed by atoms with Crippen molar-refractivity contribution in [2.24, 2.45) is 0 Å². The molecule has 1 aliphatic rings. The average Bonchev–Trinajstić information content (AvgIpc) is 3.29. The van der Waals surface area contributed by atoms with Crippen LogP contribution in [0.15, 0.2) is 49.2 Å². The van der Waals surface area contributed by atoms with Crippen molar-refractivity contribution in [1.82, 2.24) is 19.9 Å². The van der Waals surface area contributed by atoms with E-state index in [1.807, 2.05) is 6.07 Å². The second-order valence-electron chi connectivity index (χ2n) is 8.52. The summed E-state index contributed by atoms with van der Waals surface area (Å²) >= 11 is 8.08. The Bertz CT molecular complexity index is 1370. The molecule has 180 valence electrons. The Morgan fingerprint density at radius 2 is 1.97 bits per heavy atom. The third-order valence-corrected chi connectivity index (χ3v) is 7.48. The van der Waals surface area contributed by atoms with Crippen LogP contribution < -0.4 is 15.0 Å². The first-order chi connectivity index (χ1) is 17.0. The van der Waals surface area contributed by atoms with Crippen molar-refractivity contribution in [1.29, 1.82) is 0 Å². The van der Waals surface area contributed by atoms with Gasteiger partial charge in [-0.3, -0.25) is 0 Å². The second kappa shape index (κ2) is 10.2. The molecule has 3 heterocycles. The predicted molar refractivity (Wildman–Crippen MR) is 146 cm³/mol. The maximum atomic E-state index is 6.46. The van der Waals surface area contributed by atoms with Gasteiger partial charge in [-0.2, -0.15) is 0 Å². The smallest absolute Gasteiger partial charge is 0.227 e. The molecule has 2 aromatic carbocycles. The highest BCUT2D eigenvalue weighted by Crippen LogP contribution is 2.32. The Hall–Kier alpha value is -3.20. The summed E-state index contributed by atoms with van der Waals surface area (Å²) in [4.78, 5) is 18.4. The summed E-state index contributed by atoms with van der Waals surface area (Å²) in [5.74, 6) is 1.22. The zero-order valence-electron chi connectivity index (χ0n) is 19.8. The first-order valence-electron chi connectivity index (χ1n) is 11.4. The zero-order valence-corrected chi connectivity index (χ0v) is 21.4. The topological polar surface area (TPSA) is 66.4 Å². The minimum absolute atomic E-state index is 0.471. The molecule has 0 amide bonds. The number of piperazine rings is 1. The summed E-state index contributed by atoms with van der Waals surface area (Å²) in [6.07, 6.45) is 3.98. The molecule has 0 aliphatic carbocycles. The number of hydrogen-bond acceptors (Lipinski definition) is 8. The Morgan fingerprint density at radius 3 is 2.74 bits per heavy atom. The van der Waals surface area contributed by atoms with Crippen molar-refractivity contribution in [3.8, 4) is 5.75 Å². The van der Waals surface area contributed by atoms with Crippen molar-refractivity contribution in [2.75, 3.05) is 50.6 Å². The highest BCUT2D eigenvalue weighted by atomic mass is 35.5. The molecule has 7 nitrogen and oxygen atoms in total. The third-order valence-electron chi connectivity index (χ3n) is 6.13. The van der Waals surface area contributed by atoms with Crippen LogP contribution in [0.2, 0.25) is 5.02 Å². The summed E-state index contributed by atoms with van der Waals surface area (Å²) in [6, 6.07) is 12.4. The van der Waals surface area contributed by atoms with E-state index in [9.17, 15) is 0 Å². The number of rotatable bonds is 7. The van der Waals surface area contributed by atoms with Crippen LogP contribution in [0.3, 0.4) is 0 Å². The van der Waals surface area contributed by atoms with E-state index < -0.39 is 0 Å². The molecule has 0 spiro atoms. The molecule has 35 heavy (non-hydrogen) atoms. The lowest BCUT2D eigenvalue weighted by molar-refractivity contribution is 0.312. The summed E-state index contributed by atoms with van der Waals surface area (Å²) in [6.45, 7) is 7.90. The highest BCUT2D eigenvalue weighted by Gasteiger charge is 2.17. The van der Waals surface area contributed by atoms with Gasteiger partial charge in [0.25, 0.3) is 0 Å². The molecule has 0 atom stereocenters. The number of methoxy groups -OCH3 is 1. The minimum atomic E-state index is 0.471. The van der Waals surface area contributed by atoms with Gasteiger partial charge >= 0.3 is 0 Å². The molecule has 5 rings (SSSR count). The Balaban J connectivity index is 1.35. The van der Waals surface area contributed by atoms with E-state index in [0.29, 0.717) is 17.4 Å². The number of halogens is 1. The molecule has 1 fully saturated rings. The van der Waals surface area contributed by atoms with Crippen LogP contribution >= 0.6 is 22.9 Å². The Labute approximate surface area is 214 Å². The maximum Gasteiger partial charge on any atom is 0.227 e. The fourth-order valence-corrected chi connectivity index (χ4v) is 5.09. The number of aromatic nitrogens is 3. The van der Waals surface area contributed by atoms with Crippen molar-refractivity contribution in [3.63, 3.8) is 0 Å². The molecule has 1 N–H and O–H groups in total. The second-order valence-corrected chi connectivity index (χ2v) is 9.99. The molecule has 4 aromatic rings. The number of fused-ring (bicyclic) bond motifs is 1. The standard InChI is InChI=1S/C26H27ClN6OS/c1-4-25-29-22-14-17(5-8-24(22)35-25)13-21-19(27)16-28-26(31-21)30-20-7-6-18(15-23(20)34-3)33-11-9-32(2)10-12-33/h4-8,14-16H,1,9-13H2,2-3H3,(H,28,30,31). The van der Waals surface area contributed by atoms with Crippen molar-refractivity contribution >= 4 is 56.6 Å². The molecule has 0 unspecified atom stereocenters. The van der Waals surface area contributed by atoms with Gasteiger partial charge in [-0.15, -0.1) is 11.3 Å². The van der Waals surface area contributed by atoms with Gasteiger partial charge in [-0.1, -0.05) is 24.2 Å². The largest absolute Gasteiger partial charge is 0.494 e. The van der Waals surface area contributed by atoms with Gasteiger partial charge in [0.15, 0.2) is 0 Å². The first-order valence-corrected chi connectivity index (χ1v) is 12.6. The minimum Gasteiger partial charge on any atom is -0.494 e.